The van der Waals surface area contributed by atoms with Crippen molar-refractivity contribution < 1.29 is 14.9 Å². The molecular formula is C5H12O3. The van der Waals surface area contributed by atoms with E-state index in [0.29, 0.717) is 0 Å². The van der Waals surface area contributed by atoms with Crippen LogP contribution in [-0.2, 0) is 9.78 Å². The van der Waals surface area contributed by atoms with Crippen molar-refractivity contribution in [1.29, 1.82) is 0 Å². The minimum atomic E-state index is 0.00667. The zero-order valence-electron chi connectivity index (χ0n) is 5.26. The molecule has 3 heteroatoms. The summed E-state index contributed by atoms with van der Waals surface area (Å²) in [6.45, 7) is 3.97. The van der Waals surface area contributed by atoms with Gasteiger partial charge in [0.05, 0.1) is 12.7 Å². The van der Waals surface area contributed by atoms with Crippen molar-refractivity contribution in [1.82, 2.24) is 0 Å². The molecule has 0 aromatic rings. The molecule has 8 heavy (non-hydrogen) atoms. The molecule has 0 radical (unpaired) electrons. The van der Waals surface area contributed by atoms with Gasteiger partial charge in [-0.1, -0.05) is 0 Å². The van der Waals surface area contributed by atoms with Gasteiger partial charge in [0.2, 0.25) is 0 Å². The summed E-state index contributed by atoms with van der Waals surface area (Å²) < 4.78 is 0. The van der Waals surface area contributed by atoms with Crippen molar-refractivity contribution in [2.45, 2.75) is 20.0 Å². The van der Waals surface area contributed by atoms with Crippen molar-refractivity contribution in [3.8, 4) is 0 Å². The van der Waals surface area contributed by atoms with Crippen molar-refractivity contribution in [3.05, 3.63) is 0 Å². The molecule has 0 atom stereocenters. The van der Waals surface area contributed by atoms with Crippen LogP contribution in [-0.4, -0.2) is 24.4 Å². The summed E-state index contributed by atoms with van der Waals surface area (Å²) in [5.41, 5.74) is 0. The molecule has 0 amide bonds. The van der Waals surface area contributed by atoms with Crippen LogP contribution < -0.4 is 0 Å². The highest BCUT2D eigenvalue weighted by molar-refractivity contribution is 4.26. The van der Waals surface area contributed by atoms with Gasteiger partial charge < -0.3 is 5.11 Å². The second kappa shape index (κ2) is 5.03. The second-order valence-corrected chi connectivity index (χ2v) is 1.69. The summed E-state index contributed by atoms with van der Waals surface area (Å²) in [6.07, 6.45) is 0.0709. The summed E-state index contributed by atoms with van der Waals surface area (Å²) in [6, 6.07) is 0. The third-order valence-corrected chi connectivity index (χ3v) is 0.435. The van der Waals surface area contributed by atoms with Crippen molar-refractivity contribution in [3.63, 3.8) is 0 Å². The summed E-state index contributed by atoms with van der Waals surface area (Å²) in [4.78, 5) is 9.12. The lowest BCUT2D eigenvalue weighted by Crippen LogP contribution is -2.06. The second-order valence-electron chi connectivity index (χ2n) is 1.69. The van der Waals surface area contributed by atoms with Gasteiger partial charge in [-0.25, -0.2) is 9.78 Å². The smallest absolute Gasteiger partial charge is 0.105 e. The van der Waals surface area contributed by atoms with E-state index >= 15 is 0 Å². The zero-order valence-corrected chi connectivity index (χ0v) is 5.26. The number of hydrogen-bond acceptors (Lipinski definition) is 3. The van der Waals surface area contributed by atoms with E-state index in [2.05, 4.69) is 9.78 Å². The van der Waals surface area contributed by atoms with Crippen molar-refractivity contribution in [2.75, 3.05) is 13.2 Å². The van der Waals surface area contributed by atoms with Crippen molar-refractivity contribution >= 4 is 0 Å². The molecule has 0 spiro atoms. The fourth-order valence-electron chi connectivity index (χ4n) is 0.221. The van der Waals surface area contributed by atoms with Gasteiger partial charge in [0.1, 0.15) is 6.61 Å². The molecule has 3 nitrogen and oxygen atoms in total. The topological polar surface area (TPSA) is 38.7 Å². The van der Waals surface area contributed by atoms with Gasteiger partial charge in [-0.05, 0) is 13.8 Å². The monoisotopic (exact) mass is 120 g/mol. The Morgan fingerprint density at radius 1 is 1.50 bits per heavy atom. The first-order valence-electron chi connectivity index (χ1n) is 2.66. The Morgan fingerprint density at radius 2 is 2.12 bits per heavy atom. The maximum Gasteiger partial charge on any atom is 0.105 e. The Morgan fingerprint density at radius 3 is 2.50 bits per heavy atom. The van der Waals surface area contributed by atoms with Crippen LogP contribution in [0.5, 0.6) is 0 Å². The van der Waals surface area contributed by atoms with E-state index in [1.54, 1.807) is 0 Å². The molecule has 0 heterocycles. The molecule has 0 saturated heterocycles. The number of hydrogen-bond donors (Lipinski definition) is 1. The lowest BCUT2D eigenvalue weighted by molar-refractivity contribution is -0.319. The van der Waals surface area contributed by atoms with E-state index in [0.717, 1.165) is 0 Å². The van der Waals surface area contributed by atoms with E-state index in [1.165, 1.54) is 0 Å². The van der Waals surface area contributed by atoms with Gasteiger partial charge in [0.15, 0.2) is 0 Å². The molecule has 0 saturated carbocycles. The average Bonchev–Trinajstić information content (AvgIpc) is 1.66. The Hall–Kier alpha value is -0.120. The van der Waals surface area contributed by atoms with E-state index in [1.807, 2.05) is 13.8 Å². The molecular weight excluding hydrogens is 108 g/mol. The SMILES string of the molecule is CC(C)OOCCO. The molecule has 0 rings (SSSR count). The normalized spacial score (nSPS) is 10.5. The molecule has 0 aromatic heterocycles. The fraction of sp³-hybridized carbons (Fsp3) is 1.00. The quantitative estimate of drug-likeness (QED) is 0.330. The Kier molecular flexibility index (Phi) is 4.95. The predicted molar refractivity (Wildman–Crippen MR) is 29.3 cm³/mol. The first kappa shape index (κ1) is 7.88. The van der Waals surface area contributed by atoms with Gasteiger partial charge in [-0.3, -0.25) is 0 Å². The lowest BCUT2D eigenvalue weighted by Gasteiger charge is -2.03. The average molecular weight is 120 g/mol. The Labute approximate surface area is 49.1 Å². The minimum Gasteiger partial charge on any atom is -0.394 e. The maximum absolute atomic E-state index is 8.17. The summed E-state index contributed by atoms with van der Waals surface area (Å²) in [5.74, 6) is 0. The molecule has 0 bridgehead atoms. The molecule has 0 aliphatic carbocycles. The van der Waals surface area contributed by atoms with Crippen molar-refractivity contribution in [2.24, 2.45) is 0 Å². The van der Waals surface area contributed by atoms with E-state index in [4.69, 9.17) is 5.11 Å². The summed E-state index contributed by atoms with van der Waals surface area (Å²) in [7, 11) is 0. The molecule has 0 unspecified atom stereocenters. The van der Waals surface area contributed by atoms with Crippen LogP contribution in [0.15, 0.2) is 0 Å². The number of aliphatic hydroxyl groups excluding tert-OH is 1. The van der Waals surface area contributed by atoms with Crippen LogP contribution in [0.25, 0.3) is 0 Å². The molecule has 0 fully saturated rings. The molecule has 0 aliphatic heterocycles. The number of rotatable bonds is 4. The van der Waals surface area contributed by atoms with Crippen LogP contribution in [0, 0.1) is 0 Å². The maximum atomic E-state index is 8.17. The predicted octanol–water partition coefficient (Wildman–Crippen LogP) is 0.335. The van der Waals surface area contributed by atoms with Gasteiger partial charge in [0, 0.05) is 0 Å². The molecule has 0 aliphatic rings. The third kappa shape index (κ3) is 5.88. The fourth-order valence-corrected chi connectivity index (χ4v) is 0.221. The molecule has 1 N–H and O–H groups in total. The highest BCUT2D eigenvalue weighted by Gasteiger charge is 1.90. The molecule has 0 aromatic carbocycles. The van der Waals surface area contributed by atoms with Crippen LogP contribution >= 0.6 is 0 Å². The minimum absolute atomic E-state index is 0.00667. The third-order valence-electron chi connectivity index (χ3n) is 0.435. The molecule has 50 valence electrons. The van der Waals surface area contributed by atoms with E-state index in [9.17, 15) is 0 Å². The summed E-state index contributed by atoms with van der Waals surface area (Å²) >= 11 is 0. The Bertz CT molecular complexity index is 44.9. The van der Waals surface area contributed by atoms with E-state index in [-0.39, 0.29) is 19.3 Å². The first-order chi connectivity index (χ1) is 3.77. The van der Waals surface area contributed by atoms with Gasteiger partial charge in [0.25, 0.3) is 0 Å². The van der Waals surface area contributed by atoms with Gasteiger partial charge in [-0.15, -0.1) is 0 Å². The zero-order chi connectivity index (χ0) is 6.41. The lowest BCUT2D eigenvalue weighted by atomic mass is 10.5. The van der Waals surface area contributed by atoms with Gasteiger partial charge in [-0.2, -0.15) is 0 Å². The van der Waals surface area contributed by atoms with Gasteiger partial charge >= 0.3 is 0 Å². The van der Waals surface area contributed by atoms with E-state index < -0.39 is 0 Å². The first-order valence-corrected chi connectivity index (χ1v) is 2.66. The Balaban J connectivity index is 2.72. The van der Waals surface area contributed by atoms with Crippen LogP contribution in [0.2, 0.25) is 0 Å². The van der Waals surface area contributed by atoms with Crippen LogP contribution in [0.4, 0.5) is 0 Å². The largest absolute Gasteiger partial charge is 0.394 e. The highest BCUT2D eigenvalue weighted by Crippen LogP contribution is 1.86. The van der Waals surface area contributed by atoms with Crippen LogP contribution in [0.3, 0.4) is 0 Å². The standard InChI is InChI=1S/C5H12O3/c1-5(2)8-7-4-3-6/h5-6H,3-4H2,1-2H3. The van der Waals surface area contributed by atoms with Crippen LogP contribution in [0.1, 0.15) is 13.8 Å². The summed E-state index contributed by atoms with van der Waals surface area (Å²) in [5, 5.41) is 8.17. The highest BCUT2D eigenvalue weighted by atomic mass is 17.2. The number of aliphatic hydroxyl groups is 1.